The molecular weight excluding hydrogens is 320 g/mol. The first kappa shape index (κ1) is 16.0. The minimum atomic E-state index is 0.652. The largest absolute Gasteiger partial charge is 0.497 e. The van der Waals surface area contributed by atoms with Crippen LogP contribution in [0.5, 0.6) is 5.75 Å². The maximum absolute atomic E-state index is 7.35. The second-order valence-corrected chi connectivity index (χ2v) is 6.29. The smallest absolute Gasteiger partial charge is 0.188 e. The van der Waals surface area contributed by atoms with E-state index in [1.165, 1.54) is 5.56 Å². The van der Waals surface area contributed by atoms with Gasteiger partial charge < -0.3 is 9.30 Å². The molecule has 0 saturated heterocycles. The predicted molar refractivity (Wildman–Crippen MR) is 106 cm³/mol. The molecule has 1 heterocycles. The van der Waals surface area contributed by atoms with Crippen LogP contribution in [0.15, 0.2) is 72.9 Å². The summed E-state index contributed by atoms with van der Waals surface area (Å²) in [5.74, 6) is 0.833. The van der Waals surface area contributed by atoms with E-state index in [1.54, 1.807) is 7.11 Å². The van der Waals surface area contributed by atoms with Crippen LogP contribution in [0.3, 0.4) is 0 Å². The molecule has 126 valence electrons. The average molecular weight is 338 g/mol. The van der Waals surface area contributed by atoms with Gasteiger partial charge in [-0.3, -0.25) is 0 Å². The normalized spacial score (nSPS) is 10.7. The summed E-state index contributed by atoms with van der Waals surface area (Å²) in [5.41, 5.74) is 6.30. The van der Waals surface area contributed by atoms with Crippen molar-refractivity contribution < 1.29 is 4.74 Å². The summed E-state index contributed by atoms with van der Waals surface area (Å²) in [7, 11) is 1.67. The summed E-state index contributed by atoms with van der Waals surface area (Å²) in [4.78, 5) is 3.60. The van der Waals surface area contributed by atoms with Crippen molar-refractivity contribution in [2.24, 2.45) is 0 Å². The van der Waals surface area contributed by atoms with E-state index in [2.05, 4.69) is 46.8 Å². The van der Waals surface area contributed by atoms with Gasteiger partial charge >= 0.3 is 0 Å². The van der Waals surface area contributed by atoms with Crippen molar-refractivity contribution >= 4 is 16.6 Å². The highest BCUT2D eigenvalue weighted by molar-refractivity contribution is 5.99. The number of rotatable bonds is 3. The average Bonchev–Trinajstić information content (AvgIpc) is 3.06. The Bertz CT molecular complexity index is 1130. The first-order valence-electron chi connectivity index (χ1n) is 8.43. The molecule has 26 heavy (non-hydrogen) atoms. The SMILES string of the molecule is [C-]#[N+]c1ccc2c(c1)c(-c1cccc(C)c1)cn2-c1ccc(OC)cc1. The van der Waals surface area contributed by atoms with Crippen LogP contribution in [0.25, 0.3) is 32.6 Å². The minimum absolute atomic E-state index is 0.652. The molecule has 3 heteroatoms. The summed E-state index contributed by atoms with van der Waals surface area (Å²) >= 11 is 0. The highest BCUT2D eigenvalue weighted by Gasteiger charge is 2.12. The number of ether oxygens (including phenoxy) is 1. The fraction of sp³-hybridized carbons (Fsp3) is 0.0870. The maximum atomic E-state index is 7.35. The first-order valence-corrected chi connectivity index (χ1v) is 8.43. The molecule has 0 N–H and O–H groups in total. The third-order valence-electron chi connectivity index (χ3n) is 4.60. The Morgan fingerprint density at radius 3 is 2.46 bits per heavy atom. The highest BCUT2D eigenvalue weighted by Crippen LogP contribution is 2.35. The van der Waals surface area contributed by atoms with E-state index in [1.807, 2.05) is 42.5 Å². The second-order valence-electron chi connectivity index (χ2n) is 6.29. The molecule has 0 fully saturated rings. The number of aromatic nitrogens is 1. The van der Waals surface area contributed by atoms with Crippen LogP contribution < -0.4 is 4.74 Å². The topological polar surface area (TPSA) is 18.5 Å². The van der Waals surface area contributed by atoms with Gasteiger partial charge in [0.05, 0.1) is 19.2 Å². The van der Waals surface area contributed by atoms with Crippen LogP contribution in [0.2, 0.25) is 0 Å². The summed E-state index contributed by atoms with van der Waals surface area (Å²) in [5, 5.41) is 1.08. The molecule has 0 aliphatic rings. The Hall–Kier alpha value is -3.51. The van der Waals surface area contributed by atoms with E-state index in [4.69, 9.17) is 11.3 Å². The van der Waals surface area contributed by atoms with E-state index in [0.29, 0.717) is 5.69 Å². The highest BCUT2D eigenvalue weighted by atomic mass is 16.5. The van der Waals surface area contributed by atoms with Gasteiger partial charge in [-0.05, 0) is 54.3 Å². The van der Waals surface area contributed by atoms with Crippen LogP contribution >= 0.6 is 0 Å². The van der Waals surface area contributed by atoms with Gasteiger partial charge in [-0.25, -0.2) is 4.85 Å². The van der Waals surface area contributed by atoms with E-state index in [0.717, 1.165) is 33.5 Å². The Balaban J connectivity index is 1.98. The molecular formula is C23H18N2O. The van der Waals surface area contributed by atoms with E-state index in [-0.39, 0.29) is 0 Å². The van der Waals surface area contributed by atoms with Gasteiger partial charge in [0.15, 0.2) is 5.69 Å². The third kappa shape index (κ3) is 2.72. The number of aryl methyl sites for hydroxylation is 1. The molecule has 3 aromatic carbocycles. The van der Waals surface area contributed by atoms with Gasteiger partial charge in [0.1, 0.15) is 5.75 Å². The first-order chi connectivity index (χ1) is 12.7. The molecule has 0 radical (unpaired) electrons. The molecule has 4 aromatic rings. The van der Waals surface area contributed by atoms with Crippen molar-refractivity contribution in [3.8, 4) is 22.6 Å². The number of methoxy groups -OCH3 is 1. The van der Waals surface area contributed by atoms with Crippen molar-refractivity contribution in [1.82, 2.24) is 4.57 Å². The Morgan fingerprint density at radius 1 is 0.962 bits per heavy atom. The summed E-state index contributed by atoms with van der Waals surface area (Å²) in [6, 6.07) is 22.3. The van der Waals surface area contributed by atoms with E-state index >= 15 is 0 Å². The number of benzene rings is 3. The van der Waals surface area contributed by atoms with Crippen molar-refractivity contribution in [1.29, 1.82) is 0 Å². The molecule has 0 atom stereocenters. The lowest BCUT2D eigenvalue weighted by Gasteiger charge is -2.06. The molecule has 0 bridgehead atoms. The number of nitrogens with zero attached hydrogens (tertiary/aromatic N) is 2. The molecule has 3 nitrogen and oxygen atoms in total. The lowest BCUT2D eigenvalue weighted by Crippen LogP contribution is -1.92. The van der Waals surface area contributed by atoms with Gasteiger partial charge in [-0.15, -0.1) is 0 Å². The van der Waals surface area contributed by atoms with Crippen molar-refractivity contribution in [2.45, 2.75) is 6.92 Å². The molecule has 0 aliphatic carbocycles. The predicted octanol–water partition coefficient (Wildman–Crippen LogP) is 6.17. The molecule has 0 unspecified atom stereocenters. The number of hydrogen-bond donors (Lipinski definition) is 0. The van der Waals surface area contributed by atoms with E-state index < -0.39 is 0 Å². The lowest BCUT2D eigenvalue weighted by atomic mass is 10.0. The minimum Gasteiger partial charge on any atom is -0.497 e. The fourth-order valence-electron chi connectivity index (χ4n) is 3.29. The van der Waals surface area contributed by atoms with Crippen LogP contribution in [0.4, 0.5) is 5.69 Å². The zero-order valence-corrected chi connectivity index (χ0v) is 14.7. The van der Waals surface area contributed by atoms with Crippen LogP contribution in [0.1, 0.15) is 5.56 Å². The zero-order valence-electron chi connectivity index (χ0n) is 14.7. The Labute approximate surface area is 152 Å². The van der Waals surface area contributed by atoms with Gasteiger partial charge in [-0.1, -0.05) is 35.9 Å². The zero-order chi connectivity index (χ0) is 18.1. The molecule has 0 saturated carbocycles. The lowest BCUT2D eigenvalue weighted by molar-refractivity contribution is 0.415. The molecule has 0 amide bonds. The second kappa shape index (κ2) is 6.42. The molecule has 4 rings (SSSR count). The van der Waals surface area contributed by atoms with Gasteiger partial charge in [-0.2, -0.15) is 0 Å². The quantitative estimate of drug-likeness (QED) is 0.409. The maximum Gasteiger partial charge on any atom is 0.188 e. The number of hydrogen-bond acceptors (Lipinski definition) is 1. The monoisotopic (exact) mass is 338 g/mol. The summed E-state index contributed by atoms with van der Waals surface area (Å²) in [6.07, 6.45) is 2.15. The van der Waals surface area contributed by atoms with Crippen molar-refractivity contribution in [2.75, 3.05) is 7.11 Å². The Kier molecular flexibility index (Phi) is 3.95. The standard InChI is InChI=1S/C23H18N2O/c1-16-5-4-6-17(13-16)22-15-25(19-8-10-20(26-3)11-9-19)23-12-7-18(24-2)14-21(22)23/h4-15H,1,3H3. The van der Waals surface area contributed by atoms with Crippen molar-refractivity contribution in [3.63, 3.8) is 0 Å². The Morgan fingerprint density at radius 2 is 1.77 bits per heavy atom. The van der Waals surface area contributed by atoms with Crippen molar-refractivity contribution in [3.05, 3.63) is 89.9 Å². The van der Waals surface area contributed by atoms with Crippen LogP contribution in [0, 0.1) is 13.5 Å². The number of fused-ring (bicyclic) bond motifs is 1. The summed E-state index contributed by atoms with van der Waals surface area (Å²) < 4.78 is 7.43. The molecule has 0 spiro atoms. The third-order valence-corrected chi connectivity index (χ3v) is 4.60. The molecule has 0 aliphatic heterocycles. The van der Waals surface area contributed by atoms with Gasteiger partial charge in [0.25, 0.3) is 0 Å². The summed E-state index contributed by atoms with van der Waals surface area (Å²) in [6.45, 7) is 9.44. The fourth-order valence-corrected chi connectivity index (χ4v) is 3.29. The van der Waals surface area contributed by atoms with Crippen LogP contribution in [-0.2, 0) is 0 Å². The van der Waals surface area contributed by atoms with Gasteiger partial charge in [0.2, 0.25) is 0 Å². The van der Waals surface area contributed by atoms with E-state index in [9.17, 15) is 0 Å². The molecule has 1 aromatic heterocycles. The van der Waals surface area contributed by atoms with Gasteiger partial charge in [0, 0.05) is 17.4 Å². The van der Waals surface area contributed by atoms with Crippen LogP contribution in [-0.4, -0.2) is 11.7 Å².